The van der Waals surface area contributed by atoms with E-state index < -0.39 is 10.0 Å². The number of sulfonamides is 1. The van der Waals surface area contributed by atoms with E-state index >= 15 is 0 Å². The number of rotatable bonds is 4. The Labute approximate surface area is 113 Å². The molecule has 0 aliphatic heterocycles. The molecule has 1 aromatic heterocycles. The monoisotopic (exact) mass is 331 g/mol. The number of hydrogen-bond acceptors (Lipinski definition) is 4. The molecular weight excluding hydrogens is 322 g/mol. The summed E-state index contributed by atoms with van der Waals surface area (Å²) in [5.41, 5.74) is 0.377. The molecule has 8 heteroatoms. The number of H-pyrrole nitrogens is 1. The molecule has 1 aromatic carbocycles. The van der Waals surface area contributed by atoms with Crippen LogP contribution in [0.1, 0.15) is 0 Å². The molecule has 0 aliphatic carbocycles. The van der Waals surface area contributed by atoms with Crippen molar-refractivity contribution in [2.45, 2.75) is 4.90 Å². The van der Waals surface area contributed by atoms with Crippen LogP contribution in [0, 0.1) is 0 Å². The first-order valence-electron chi connectivity index (χ1n) is 4.88. The van der Waals surface area contributed by atoms with E-state index in [0.717, 1.165) is 0 Å². The van der Waals surface area contributed by atoms with Gasteiger partial charge in [0.1, 0.15) is 5.75 Å². The highest BCUT2D eigenvalue weighted by molar-refractivity contribution is 9.10. The molecule has 2 rings (SSSR count). The number of methoxy groups -OCH3 is 1. The molecule has 0 saturated carbocycles. The smallest absolute Gasteiger partial charge is 0.262 e. The van der Waals surface area contributed by atoms with E-state index in [1.54, 1.807) is 6.07 Å². The van der Waals surface area contributed by atoms with Gasteiger partial charge in [-0.3, -0.25) is 9.82 Å². The lowest BCUT2D eigenvalue weighted by Gasteiger charge is -2.08. The van der Waals surface area contributed by atoms with E-state index in [1.807, 2.05) is 0 Å². The van der Waals surface area contributed by atoms with Gasteiger partial charge in [-0.05, 0) is 34.1 Å². The number of halogens is 1. The lowest BCUT2D eigenvalue weighted by atomic mass is 10.3. The van der Waals surface area contributed by atoms with Crippen molar-refractivity contribution in [1.82, 2.24) is 10.2 Å². The van der Waals surface area contributed by atoms with Crippen LogP contribution < -0.4 is 9.46 Å². The Hall–Kier alpha value is -1.54. The fourth-order valence-corrected chi connectivity index (χ4v) is 3.09. The normalized spacial score (nSPS) is 11.2. The summed E-state index contributed by atoms with van der Waals surface area (Å²) < 4.78 is 32.1. The quantitative estimate of drug-likeness (QED) is 0.897. The second-order valence-corrected chi connectivity index (χ2v) is 5.93. The largest absolute Gasteiger partial charge is 0.496 e. The molecule has 18 heavy (non-hydrogen) atoms. The maximum absolute atomic E-state index is 12.0. The number of nitrogens with zero attached hydrogens (tertiary/aromatic N) is 1. The van der Waals surface area contributed by atoms with E-state index in [9.17, 15) is 8.42 Å². The summed E-state index contributed by atoms with van der Waals surface area (Å²) in [5.74, 6) is 0.567. The summed E-state index contributed by atoms with van der Waals surface area (Å²) in [5, 5.41) is 6.19. The standard InChI is InChI=1S/C10H10BrN3O3S/c1-17-10-3-2-8(4-9(10)11)18(15,16)14-7-5-12-13-6-7/h2-6,14H,1H3,(H,12,13). The van der Waals surface area contributed by atoms with Crippen LogP contribution in [0.25, 0.3) is 0 Å². The molecule has 1 heterocycles. The lowest BCUT2D eigenvalue weighted by molar-refractivity contribution is 0.411. The Morgan fingerprint density at radius 1 is 1.44 bits per heavy atom. The average Bonchev–Trinajstić information content (AvgIpc) is 2.81. The van der Waals surface area contributed by atoms with Crippen molar-refractivity contribution >= 4 is 31.6 Å². The van der Waals surface area contributed by atoms with Gasteiger partial charge in [0.25, 0.3) is 10.0 Å². The van der Waals surface area contributed by atoms with Crippen LogP contribution in [0.4, 0.5) is 5.69 Å². The van der Waals surface area contributed by atoms with Crippen LogP contribution in [-0.2, 0) is 10.0 Å². The summed E-state index contributed by atoms with van der Waals surface area (Å²) >= 11 is 3.24. The number of benzene rings is 1. The maximum atomic E-state index is 12.0. The molecule has 6 nitrogen and oxygen atoms in total. The zero-order chi connectivity index (χ0) is 13.2. The highest BCUT2D eigenvalue weighted by atomic mass is 79.9. The van der Waals surface area contributed by atoms with Gasteiger partial charge in [-0.15, -0.1) is 0 Å². The minimum Gasteiger partial charge on any atom is -0.496 e. The van der Waals surface area contributed by atoms with Gasteiger partial charge in [-0.2, -0.15) is 5.10 Å². The first-order chi connectivity index (χ1) is 8.53. The molecule has 0 aliphatic rings. The Morgan fingerprint density at radius 2 is 2.22 bits per heavy atom. The number of aromatic nitrogens is 2. The number of nitrogens with one attached hydrogen (secondary N) is 2. The summed E-state index contributed by atoms with van der Waals surface area (Å²) in [6.07, 6.45) is 2.84. The molecule has 0 radical (unpaired) electrons. The van der Waals surface area contributed by atoms with Crippen molar-refractivity contribution in [3.63, 3.8) is 0 Å². The number of ether oxygens (including phenoxy) is 1. The van der Waals surface area contributed by atoms with E-state index in [1.165, 1.54) is 31.6 Å². The molecule has 0 saturated heterocycles. The Bertz CT molecular complexity index is 640. The van der Waals surface area contributed by atoms with Crippen molar-refractivity contribution in [2.75, 3.05) is 11.8 Å². The third kappa shape index (κ3) is 2.65. The van der Waals surface area contributed by atoms with Crippen molar-refractivity contribution in [3.8, 4) is 5.75 Å². The van der Waals surface area contributed by atoms with Crippen LogP contribution in [0.5, 0.6) is 5.75 Å². The van der Waals surface area contributed by atoms with E-state index in [2.05, 4.69) is 30.8 Å². The molecule has 0 unspecified atom stereocenters. The zero-order valence-corrected chi connectivity index (χ0v) is 11.7. The van der Waals surface area contributed by atoms with E-state index in [0.29, 0.717) is 15.9 Å². The Morgan fingerprint density at radius 3 is 2.78 bits per heavy atom. The topological polar surface area (TPSA) is 84.1 Å². The molecule has 2 N–H and O–H groups in total. The summed E-state index contributed by atoms with van der Waals surface area (Å²) in [7, 11) is -2.11. The minimum absolute atomic E-state index is 0.136. The summed E-state index contributed by atoms with van der Waals surface area (Å²) in [6, 6.07) is 4.52. The highest BCUT2D eigenvalue weighted by Crippen LogP contribution is 2.28. The Balaban J connectivity index is 2.33. The number of aromatic amines is 1. The average molecular weight is 332 g/mol. The minimum atomic E-state index is -3.63. The first kappa shape index (κ1) is 12.9. The molecule has 2 aromatic rings. The molecule has 0 atom stereocenters. The van der Waals surface area contributed by atoms with Gasteiger partial charge < -0.3 is 4.74 Å². The van der Waals surface area contributed by atoms with Crippen LogP contribution in [0.15, 0.2) is 40.0 Å². The Kier molecular flexibility index (Phi) is 3.58. The first-order valence-corrected chi connectivity index (χ1v) is 7.15. The van der Waals surface area contributed by atoms with Gasteiger partial charge in [0, 0.05) is 6.20 Å². The van der Waals surface area contributed by atoms with Gasteiger partial charge in [-0.25, -0.2) is 8.42 Å². The van der Waals surface area contributed by atoms with Gasteiger partial charge in [-0.1, -0.05) is 0 Å². The second-order valence-electron chi connectivity index (χ2n) is 3.39. The van der Waals surface area contributed by atoms with Crippen molar-refractivity contribution in [3.05, 3.63) is 35.1 Å². The van der Waals surface area contributed by atoms with Gasteiger partial charge in [0.05, 0.1) is 28.4 Å². The number of hydrogen-bond donors (Lipinski definition) is 2. The third-order valence-corrected chi connectivity index (χ3v) is 4.18. The van der Waals surface area contributed by atoms with Gasteiger partial charge in [0.15, 0.2) is 0 Å². The SMILES string of the molecule is COc1ccc(S(=O)(=O)Nc2cn[nH]c2)cc1Br. The van der Waals surface area contributed by atoms with Gasteiger partial charge in [0.2, 0.25) is 0 Å². The summed E-state index contributed by atoms with van der Waals surface area (Å²) in [4.78, 5) is 0.136. The van der Waals surface area contributed by atoms with Crippen LogP contribution in [0.3, 0.4) is 0 Å². The third-order valence-electron chi connectivity index (χ3n) is 2.18. The summed E-state index contributed by atoms with van der Waals surface area (Å²) in [6.45, 7) is 0. The van der Waals surface area contributed by atoms with Crippen molar-refractivity contribution < 1.29 is 13.2 Å². The molecular formula is C10H10BrN3O3S. The maximum Gasteiger partial charge on any atom is 0.262 e. The van der Waals surface area contributed by atoms with E-state index in [-0.39, 0.29) is 4.90 Å². The van der Waals surface area contributed by atoms with Crippen molar-refractivity contribution in [1.29, 1.82) is 0 Å². The predicted molar refractivity (Wildman–Crippen MR) is 70.1 cm³/mol. The molecule has 0 amide bonds. The van der Waals surface area contributed by atoms with Crippen LogP contribution in [0.2, 0.25) is 0 Å². The van der Waals surface area contributed by atoms with Gasteiger partial charge >= 0.3 is 0 Å². The van der Waals surface area contributed by atoms with Crippen molar-refractivity contribution in [2.24, 2.45) is 0 Å². The molecule has 0 bridgehead atoms. The zero-order valence-electron chi connectivity index (χ0n) is 9.34. The fourth-order valence-electron chi connectivity index (χ4n) is 1.34. The lowest BCUT2D eigenvalue weighted by Crippen LogP contribution is -2.12. The number of anilines is 1. The second kappa shape index (κ2) is 4.99. The molecule has 0 spiro atoms. The van der Waals surface area contributed by atoms with Crippen LogP contribution in [-0.4, -0.2) is 25.7 Å². The molecule has 0 fully saturated rings. The highest BCUT2D eigenvalue weighted by Gasteiger charge is 2.16. The fraction of sp³-hybridized carbons (Fsp3) is 0.100. The van der Waals surface area contributed by atoms with Crippen LogP contribution >= 0.6 is 15.9 Å². The van der Waals surface area contributed by atoms with E-state index in [4.69, 9.17) is 4.74 Å². The predicted octanol–water partition coefficient (Wildman–Crippen LogP) is 1.98. The molecule has 96 valence electrons.